The minimum Gasteiger partial charge on any atom is -0.493 e. The van der Waals surface area contributed by atoms with Gasteiger partial charge >= 0.3 is 5.97 Å². The molecule has 0 bridgehead atoms. The van der Waals surface area contributed by atoms with E-state index in [-0.39, 0.29) is 12.3 Å². The van der Waals surface area contributed by atoms with E-state index in [2.05, 4.69) is 20.5 Å². The summed E-state index contributed by atoms with van der Waals surface area (Å²) in [6, 6.07) is 15.1. The molecule has 0 radical (unpaired) electrons. The number of hydrogen-bond acceptors (Lipinski definition) is 9. The summed E-state index contributed by atoms with van der Waals surface area (Å²) in [5.41, 5.74) is 2.55. The van der Waals surface area contributed by atoms with E-state index in [0.717, 1.165) is 16.1 Å². The van der Waals surface area contributed by atoms with Crippen LogP contribution in [-0.4, -0.2) is 44.9 Å². The fraction of sp³-hybridized carbons (Fsp3) is 0.208. The van der Waals surface area contributed by atoms with E-state index in [1.54, 1.807) is 20.1 Å². The molecule has 2 aromatic carbocycles. The fourth-order valence-corrected chi connectivity index (χ4v) is 3.96. The molecule has 0 aliphatic carbocycles. The number of esters is 1. The van der Waals surface area contributed by atoms with Gasteiger partial charge in [0.2, 0.25) is 0 Å². The lowest BCUT2D eigenvalue weighted by Crippen LogP contribution is -2.15. The van der Waals surface area contributed by atoms with Crippen molar-refractivity contribution >= 4 is 29.1 Å². The first-order valence-corrected chi connectivity index (χ1v) is 11.4. The van der Waals surface area contributed by atoms with Crippen LogP contribution in [0.25, 0.3) is 22.3 Å². The Morgan fingerprint density at radius 1 is 1.15 bits per heavy atom. The number of benzene rings is 2. The van der Waals surface area contributed by atoms with Gasteiger partial charge in [0.1, 0.15) is 11.6 Å². The highest BCUT2D eigenvalue weighted by molar-refractivity contribution is 7.13. The van der Waals surface area contributed by atoms with Crippen molar-refractivity contribution in [3.8, 4) is 22.1 Å². The number of aryl methyl sites for hydroxylation is 1. The number of hydrogen-bond donors (Lipinski definition) is 0. The van der Waals surface area contributed by atoms with Gasteiger partial charge in [0.15, 0.2) is 23.0 Å². The summed E-state index contributed by atoms with van der Waals surface area (Å²) in [6.07, 6.45) is 1.68. The smallest absolute Gasteiger partial charge is 0.357 e. The Hall–Kier alpha value is -4.05. The monoisotopic (exact) mass is 477 g/mol. The molecule has 4 aromatic rings. The Bertz CT molecular complexity index is 1300. The van der Waals surface area contributed by atoms with E-state index >= 15 is 0 Å². The molecule has 34 heavy (non-hydrogen) atoms. The van der Waals surface area contributed by atoms with E-state index in [4.69, 9.17) is 14.2 Å². The maximum atomic E-state index is 13.0. The van der Waals surface area contributed by atoms with Crippen molar-refractivity contribution < 1.29 is 19.0 Å². The second-order valence-electron chi connectivity index (χ2n) is 7.10. The number of ether oxygens (including phenoxy) is 3. The minimum atomic E-state index is -0.559. The van der Waals surface area contributed by atoms with E-state index < -0.39 is 5.97 Å². The summed E-state index contributed by atoms with van der Waals surface area (Å²) in [5, 5.41) is 14.1. The van der Waals surface area contributed by atoms with Crippen molar-refractivity contribution in [2.45, 2.75) is 20.5 Å². The average molecular weight is 478 g/mol. The molecule has 2 aromatic heterocycles. The third-order valence-corrected chi connectivity index (χ3v) is 5.72. The molecule has 0 fully saturated rings. The maximum absolute atomic E-state index is 13.0. The molecule has 0 aliphatic rings. The predicted octanol–water partition coefficient (Wildman–Crippen LogP) is 4.25. The summed E-state index contributed by atoms with van der Waals surface area (Å²) >= 11 is 1.45. The maximum Gasteiger partial charge on any atom is 0.357 e. The van der Waals surface area contributed by atoms with Gasteiger partial charge < -0.3 is 14.2 Å². The Morgan fingerprint density at radius 2 is 1.97 bits per heavy atom. The molecule has 2 heterocycles. The Balaban J connectivity index is 1.50. The molecule has 0 aliphatic heterocycles. The van der Waals surface area contributed by atoms with Crippen molar-refractivity contribution in [1.29, 1.82) is 0 Å². The summed E-state index contributed by atoms with van der Waals surface area (Å²) < 4.78 is 17.9. The van der Waals surface area contributed by atoms with Crippen LogP contribution in [0.15, 0.2) is 53.9 Å². The molecule has 4 rings (SSSR count). The standard InChI is InChI=1S/C24H23N5O4S/c1-4-32-21-11-10-18(13-22(21)31-3)23-25-19(15-34-23)14-33-24(30)20(29-16(2)26-27-28-29)12-17-8-6-5-7-9-17/h5-13,15H,4,14H2,1-3H3/b20-12-. The number of carbonyl (C=O) groups excluding carboxylic acids is 1. The van der Waals surface area contributed by atoms with Gasteiger partial charge in [-0.1, -0.05) is 30.3 Å². The molecule has 0 spiro atoms. The van der Waals surface area contributed by atoms with E-state index in [9.17, 15) is 4.79 Å². The molecular weight excluding hydrogens is 454 g/mol. The third kappa shape index (κ3) is 5.29. The quantitative estimate of drug-likeness (QED) is 0.260. The third-order valence-electron chi connectivity index (χ3n) is 4.78. The molecule has 0 N–H and O–H groups in total. The lowest BCUT2D eigenvalue weighted by Gasteiger charge is -2.10. The van der Waals surface area contributed by atoms with E-state index in [1.807, 2.05) is 60.8 Å². The fourth-order valence-electron chi connectivity index (χ4n) is 3.16. The number of nitrogens with zero attached hydrogens (tertiary/aromatic N) is 5. The Labute approximate surface area is 200 Å². The first kappa shape index (κ1) is 23.1. The highest BCUT2D eigenvalue weighted by Gasteiger charge is 2.19. The number of aromatic nitrogens is 5. The largest absolute Gasteiger partial charge is 0.493 e. The van der Waals surface area contributed by atoms with Crippen LogP contribution in [-0.2, 0) is 16.1 Å². The van der Waals surface area contributed by atoms with Crippen LogP contribution in [0.2, 0.25) is 0 Å². The van der Waals surface area contributed by atoms with Crippen molar-refractivity contribution in [2.24, 2.45) is 0 Å². The first-order valence-electron chi connectivity index (χ1n) is 10.5. The zero-order valence-corrected chi connectivity index (χ0v) is 19.8. The number of carbonyl (C=O) groups is 1. The highest BCUT2D eigenvalue weighted by Crippen LogP contribution is 2.34. The molecule has 9 nitrogen and oxygen atoms in total. The molecule has 0 unspecified atom stereocenters. The van der Waals surface area contributed by atoms with Gasteiger partial charge in [-0.25, -0.2) is 9.78 Å². The van der Waals surface area contributed by atoms with Gasteiger partial charge in [0.05, 0.1) is 19.4 Å². The van der Waals surface area contributed by atoms with Gasteiger partial charge in [-0.05, 0) is 54.1 Å². The molecule has 174 valence electrons. The lowest BCUT2D eigenvalue weighted by atomic mass is 10.2. The van der Waals surface area contributed by atoms with Crippen molar-refractivity contribution in [2.75, 3.05) is 13.7 Å². The summed E-state index contributed by atoms with van der Waals surface area (Å²) in [5.74, 6) is 1.22. The lowest BCUT2D eigenvalue weighted by molar-refractivity contribution is -0.138. The number of methoxy groups -OCH3 is 1. The Morgan fingerprint density at radius 3 is 2.68 bits per heavy atom. The van der Waals surface area contributed by atoms with Gasteiger partial charge in [0.25, 0.3) is 0 Å². The highest BCUT2D eigenvalue weighted by atomic mass is 32.1. The average Bonchev–Trinajstić information content (AvgIpc) is 3.51. The zero-order chi connectivity index (χ0) is 23.9. The molecule has 10 heteroatoms. The van der Waals surface area contributed by atoms with Crippen LogP contribution in [0.1, 0.15) is 24.0 Å². The van der Waals surface area contributed by atoms with Crippen LogP contribution in [0, 0.1) is 6.92 Å². The van der Waals surface area contributed by atoms with Crippen molar-refractivity contribution in [3.63, 3.8) is 0 Å². The minimum absolute atomic E-state index is 0.0107. The molecular formula is C24H23N5O4S. The summed E-state index contributed by atoms with van der Waals surface area (Å²) in [6.45, 7) is 4.19. The van der Waals surface area contributed by atoms with Crippen LogP contribution in [0.3, 0.4) is 0 Å². The predicted molar refractivity (Wildman–Crippen MR) is 128 cm³/mol. The molecule has 0 saturated carbocycles. The van der Waals surface area contributed by atoms with Crippen LogP contribution in [0.5, 0.6) is 11.5 Å². The topological polar surface area (TPSA) is 101 Å². The molecule has 0 atom stereocenters. The first-order chi connectivity index (χ1) is 16.6. The number of thiazole rings is 1. The summed E-state index contributed by atoms with van der Waals surface area (Å²) in [4.78, 5) is 17.6. The second-order valence-corrected chi connectivity index (χ2v) is 7.96. The number of rotatable bonds is 9. The van der Waals surface area contributed by atoms with Gasteiger partial charge in [-0.2, -0.15) is 4.68 Å². The van der Waals surface area contributed by atoms with E-state index in [1.165, 1.54) is 16.0 Å². The second kappa shape index (κ2) is 10.7. The number of tetrazole rings is 1. The van der Waals surface area contributed by atoms with E-state index in [0.29, 0.717) is 29.6 Å². The summed E-state index contributed by atoms with van der Waals surface area (Å²) in [7, 11) is 1.60. The van der Waals surface area contributed by atoms with Crippen LogP contribution in [0.4, 0.5) is 0 Å². The molecule has 0 saturated heterocycles. The zero-order valence-electron chi connectivity index (χ0n) is 19.0. The van der Waals surface area contributed by atoms with Gasteiger partial charge in [-0.15, -0.1) is 16.4 Å². The van der Waals surface area contributed by atoms with Crippen LogP contribution >= 0.6 is 11.3 Å². The SMILES string of the molecule is CCOc1ccc(-c2nc(COC(=O)/C(=C/c3ccccc3)n3nnnc3C)cs2)cc1OC. The van der Waals surface area contributed by atoms with Crippen molar-refractivity contribution in [3.05, 3.63) is 71.0 Å². The Kier molecular flexibility index (Phi) is 7.28. The van der Waals surface area contributed by atoms with Crippen molar-refractivity contribution in [1.82, 2.24) is 25.2 Å². The molecule has 0 amide bonds. The van der Waals surface area contributed by atoms with Gasteiger partial charge in [0, 0.05) is 10.9 Å². The van der Waals surface area contributed by atoms with Crippen LogP contribution < -0.4 is 9.47 Å². The normalized spacial score (nSPS) is 11.3. The van der Waals surface area contributed by atoms with Gasteiger partial charge in [-0.3, -0.25) is 0 Å².